The fraction of sp³-hybridized carbons (Fsp3) is 0.250. The van der Waals surface area contributed by atoms with Crippen molar-refractivity contribution in [2.24, 2.45) is 0 Å². The summed E-state index contributed by atoms with van der Waals surface area (Å²) in [5.41, 5.74) is 0.590. The van der Waals surface area contributed by atoms with Crippen molar-refractivity contribution in [2.45, 2.75) is 19.6 Å². The van der Waals surface area contributed by atoms with Gasteiger partial charge in [0.2, 0.25) is 0 Å². The van der Waals surface area contributed by atoms with E-state index < -0.39 is 24.6 Å². The molecule has 0 saturated heterocycles. The van der Waals surface area contributed by atoms with Gasteiger partial charge in [0.15, 0.2) is 6.10 Å². The fourth-order valence-electron chi connectivity index (χ4n) is 1.51. The van der Waals surface area contributed by atoms with Gasteiger partial charge in [0.25, 0.3) is 5.91 Å². The van der Waals surface area contributed by atoms with Crippen molar-refractivity contribution >= 4 is 18.0 Å². The summed E-state index contributed by atoms with van der Waals surface area (Å²) in [7, 11) is 0. The molecule has 0 unspecified atom stereocenters. The largest absolute Gasteiger partial charge is 0.449 e. The van der Waals surface area contributed by atoms with Crippen LogP contribution in [-0.2, 0) is 14.3 Å². The highest BCUT2D eigenvalue weighted by molar-refractivity contribution is 5.90. The Bertz CT molecular complexity index is 570. The Balaban J connectivity index is 2.51. The predicted octanol–water partition coefficient (Wildman–Crippen LogP) is 2.54. The first-order valence-electron chi connectivity index (χ1n) is 6.74. The molecule has 1 aromatic carbocycles. The van der Waals surface area contributed by atoms with Crippen LogP contribution in [0.4, 0.5) is 8.78 Å². The molecule has 0 aliphatic rings. The van der Waals surface area contributed by atoms with Gasteiger partial charge < -0.3 is 14.8 Å². The smallest absolute Gasteiger partial charge is 0.387 e. The molecule has 1 aromatic rings. The first-order valence-corrected chi connectivity index (χ1v) is 6.74. The van der Waals surface area contributed by atoms with Crippen molar-refractivity contribution in [1.29, 1.82) is 0 Å². The molecule has 124 valence electrons. The van der Waals surface area contributed by atoms with Gasteiger partial charge in [-0.1, -0.05) is 18.2 Å². The second kappa shape index (κ2) is 9.34. The van der Waals surface area contributed by atoms with E-state index in [1.54, 1.807) is 0 Å². The summed E-state index contributed by atoms with van der Waals surface area (Å²) in [4.78, 5) is 23.1. The SMILES string of the molecule is C=CCNC(=O)[C@@H](C)OC(=O)/C=C/c1ccc(OC(F)F)cc1. The Labute approximate surface area is 132 Å². The van der Waals surface area contributed by atoms with Crippen molar-refractivity contribution in [2.75, 3.05) is 6.54 Å². The standard InChI is InChI=1S/C16H17F2NO4/c1-3-10-19-15(21)11(2)22-14(20)9-6-12-4-7-13(8-5-12)23-16(17)18/h3-9,11,16H,1,10H2,2H3,(H,19,21)/b9-6+/t11-/m1/s1. The minimum atomic E-state index is -2.89. The van der Waals surface area contributed by atoms with Gasteiger partial charge in [-0.3, -0.25) is 4.79 Å². The quantitative estimate of drug-likeness (QED) is 0.453. The van der Waals surface area contributed by atoms with E-state index in [1.165, 1.54) is 43.3 Å². The number of ether oxygens (including phenoxy) is 2. The normalized spacial score (nSPS) is 12.0. The summed E-state index contributed by atoms with van der Waals surface area (Å²) >= 11 is 0. The van der Waals surface area contributed by atoms with Gasteiger partial charge in [0.1, 0.15) is 5.75 Å². The molecular formula is C16H17F2NO4. The Morgan fingerprint density at radius 1 is 1.30 bits per heavy atom. The van der Waals surface area contributed by atoms with Gasteiger partial charge in [0, 0.05) is 12.6 Å². The summed E-state index contributed by atoms with van der Waals surface area (Å²) in [5.74, 6) is -1.11. The number of carbonyl (C=O) groups excluding carboxylic acids is 2. The number of hydrogen-bond donors (Lipinski definition) is 1. The molecule has 0 fully saturated rings. The van der Waals surface area contributed by atoms with Crippen LogP contribution in [0.2, 0.25) is 0 Å². The average Bonchev–Trinajstić information content (AvgIpc) is 2.51. The Morgan fingerprint density at radius 2 is 1.96 bits per heavy atom. The van der Waals surface area contributed by atoms with E-state index in [4.69, 9.17) is 4.74 Å². The molecule has 1 N–H and O–H groups in total. The summed E-state index contributed by atoms with van der Waals surface area (Å²) in [6.07, 6.45) is 3.14. The minimum Gasteiger partial charge on any atom is -0.449 e. The number of rotatable bonds is 8. The van der Waals surface area contributed by atoms with Gasteiger partial charge in [-0.2, -0.15) is 8.78 Å². The molecule has 7 heteroatoms. The molecule has 0 radical (unpaired) electrons. The zero-order valence-corrected chi connectivity index (χ0v) is 12.5. The molecule has 1 atom stereocenters. The van der Waals surface area contributed by atoms with Crippen LogP contribution in [0.5, 0.6) is 5.75 Å². The van der Waals surface area contributed by atoms with Crippen molar-refractivity contribution in [3.63, 3.8) is 0 Å². The molecule has 0 aromatic heterocycles. The summed E-state index contributed by atoms with van der Waals surface area (Å²) in [5, 5.41) is 2.50. The number of hydrogen-bond acceptors (Lipinski definition) is 4. The van der Waals surface area contributed by atoms with Crippen molar-refractivity contribution in [3.8, 4) is 5.75 Å². The number of amides is 1. The van der Waals surface area contributed by atoms with Crippen LogP contribution in [0.1, 0.15) is 12.5 Å². The highest BCUT2D eigenvalue weighted by Gasteiger charge is 2.15. The third-order valence-electron chi connectivity index (χ3n) is 2.60. The lowest BCUT2D eigenvalue weighted by Gasteiger charge is -2.11. The first kappa shape index (κ1) is 18.3. The van der Waals surface area contributed by atoms with Gasteiger partial charge >= 0.3 is 12.6 Å². The summed E-state index contributed by atoms with van der Waals surface area (Å²) < 4.78 is 33.1. The molecule has 1 amide bonds. The van der Waals surface area contributed by atoms with Crippen molar-refractivity contribution < 1.29 is 27.8 Å². The van der Waals surface area contributed by atoms with Crippen LogP contribution in [0.15, 0.2) is 43.0 Å². The van der Waals surface area contributed by atoms with Crippen LogP contribution in [0, 0.1) is 0 Å². The average molecular weight is 325 g/mol. The van der Waals surface area contributed by atoms with Crippen molar-refractivity contribution in [1.82, 2.24) is 5.32 Å². The zero-order chi connectivity index (χ0) is 17.2. The van der Waals surface area contributed by atoms with E-state index in [2.05, 4.69) is 16.6 Å². The van der Waals surface area contributed by atoms with Crippen LogP contribution >= 0.6 is 0 Å². The van der Waals surface area contributed by atoms with Gasteiger partial charge in [0.05, 0.1) is 0 Å². The van der Waals surface area contributed by atoms with E-state index in [0.29, 0.717) is 5.56 Å². The number of nitrogens with one attached hydrogen (secondary N) is 1. The molecule has 23 heavy (non-hydrogen) atoms. The molecule has 5 nitrogen and oxygen atoms in total. The third kappa shape index (κ3) is 7.21. The molecule has 0 heterocycles. The molecule has 0 bridgehead atoms. The Kier molecular flexibility index (Phi) is 7.45. The summed E-state index contributed by atoms with van der Waals surface area (Å²) in [6.45, 7) is 2.29. The van der Waals surface area contributed by atoms with Crippen LogP contribution < -0.4 is 10.1 Å². The van der Waals surface area contributed by atoms with E-state index in [1.807, 2.05) is 0 Å². The minimum absolute atomic E-state index is 0.0206. The van der Waals surface area contributed by atoms with E-state index in [9.17, 15) is 18.4 Å². The van der Waals surface area contributed by atoms with Crippen LogP contribution in [0.3, 0.4) is 0 Å². The van der Waals surface area contributed by atoms with Gasteiger partial charge in [-0.15, -0.1) is 6.58 Å². The molecule has 0 saturated carbocycles. The number of benzene rings is 1. The maximum atomic E-state index is 12.0. The maximum Gasteiger partial charge on any atom is 0.387 e. The second-order valence-corrected chi connectivity index (χ2v) is 4.39. The number of halogens is 2. The van der Waals surface area contributed by atoms with Gasteiger partial charge in [-0.05, 0) is 30.7 Å². The lowest BCUT2D eigenvalue weighted by molar-refractivity contribution is -0.150. The van der Waals surface area contributed by atoms with Crippen LogP contribution in [0.25, 0.3) is 6.08 Å². The third-order valence-corrected chi connectivity index (χ3v) is 2.60. The van der Waals surface area contributed by atoms with Crippen molar-refractivity contribution in [3.05, 3.63) is 48.6 Å². The Morgan fingerprint density at radius 3 is 2.52 bits per heavy atom. The fourth-order valence-corrected chi connectivity index (χ4v) is 1.51. The lowest BCUT2D eigenvalue weighted by Crippen LogP contribution is -2.35. The van der Waals surface area contributed by atoms with E-state index >= 15 is 0 Å². The highest BCUT2D eigenvalue weighted by Crippen LogP contribution is 2.15. The Hall–Kier alpha value is -2.70. The first-order chi connectivity index (χ1) is 10.9. The molecule has 0 aliphatic carbocycles. The zero-order valence-electron chi connectivity index (χ0n) is 12.5. The molecular weight excluding hydrogens is 308 g/mol. The summed E-state index contributed by atoms with van der Waals surface area (Å²) in [6, 6.07) is 5.70. The van der Waals surface area contributed by atoms with E-state index in [0.717, 1.165) is 6.08 Å². The topological polar surface area (TPSA) is 64.6 Å². The monoisotopic (exact) mass is 325 g/mol. The number of esters is 1. The van der Waals surface area contributed by atoms with Gasteiger partial charge in [-0.25, -0.2) is 4.79 Å². The maximum absolute atomic E-state index is 12.0. The molecule has 0 aliphatic heterocycles. The second-order valence-electron chi connectivity index (χ2n) is 4.39. The number of alkyl halides is 2. The lowest BCUT2D eigenvalue weighted by atomic mass is 10.2. The molecule has 0 spiro atoms. The number of carbonyl (C=O) groups is 2. The van der Waals surface area contributed by atoms with E-state index in [-0.39, 0.29) is 12.3 Å². The molecule has 1 rings (SSSR count). The van der Waals surface area contributed by atoms with Crippen LogP contribution in [-0.4, -0.2) is 31.1 Å². The predicted molar refractivity (Wildman–Crippen MR) is 80.9 cm³/mol. The highest BCUT2D eigenvalue weighted by atomic mass is 19.3.